The Morgan fingerprint density at radius 2 is 2.00 bits per heavy atom. The van der Waals surface area contributed by atoms with E-state index >= 15 is 0 Å². The number of hydrogen-bond acceptors (Lipinski definition) is 2. The summed E-state index contributed by atoms with van der Waals surface area (Å²) in [5.74, 6) is 0. The minimum atomic E-state index is -0.948. The van der Waals surface area contributed by atoms with E-state index in [1.165, 1.54) is 5.56 Å². The lowest BCUT2D eigenvalue weighted by molar-refractivity contribution is 0.540. The monoisotopic (exact) mass is 211 g/mol. The highest BCUT2D eigenvalue weighted by molar-refractivity contribution is 7.88. The standard InChI is InChI=1S/C11H17NOS/c1-3-7-11(12-14(2)13)10-8-5-4-6-9-10/h4-6,8-9,11-12H,3,7H2,1-2H3/t11-,14?/m1/s1. The van der Waals surface area contributed by atoms with Crippen LogP contribution in [0.4, 0.5) is 0 Å². The zero-order valence-electron chi connectivity index (χ0n) is 8.69. The van der Waals surface area contributed by atoms with Gasteiger partial charge in [0.2, 0.25) is 0 Å². The molecule has 1 aromatic carbocycles. The van der Waals surface area contributed by atoms with E-state index in [0.29, 0.717) is 0 Å². The normalized spacial score (nSPS) is 15.1. The molecule has 0 heterocycles. The number of rotatable bonds is 5. The second-order valence-corrected chi connectivity index (χ2v) is 4.47. The van der Waals surface area contributed by atoms with Crippen molar-refractivity contribution in [1.82, 2.24) is 4.72 Å². The van der Waals surface area contributed by atoms with Gasteiger partial charge in [-0.05, 0) is 12.0 Å². The Balaban J connectivity index is 2.67. The summed E-state index contributed by atoms with van der Waals surface area (Å²) in [4.78, 5) is 0. The van der Waals surface area contributed by atoms with Gasteiger partial charge in [-0.3, -0.25) is 0 Å². The average Bonchev–Trinajstić information content (AvgIpc) is 2.18. The van der Waals surface area contributed by atoms with Crippen molar-refractivity contribution in [2.45, 2.75) is 25.8 Å². The molecule has 0 aliphatic carbocycles. The first-order valence-corrected chi connectivity index (χ1v) is 6.44. The molecule has 0 radical (unpaired) electrons. The number of hydrogen-bond donors (Lipinski definition) is 1. The summed E-state index contributed by atoms with van der Waals surface area (Å²) in [6.45, 7) is 2.14. The van der Waals surface area contributed by atoms with Crippen molar-refractivity contribution in [2.75, 3.05) is 6.26 Å². The molecule has 1 aromatic rings. The fraction of sp³-hybridized carbons (Fsp3) is 0.455. The van der Waals surface area contributed by atoms with Crippen molar-refractivity contribution in [3.63, 3.8) is 0 Å². The molecule has 2 atom stereocenters. The number of nitrogens with one attached hydrogen (secondary N) is 1. The van der Waals surface area contributed by atoms with Crippen molar-refractivity contribution < 1.29 is 4.55 Å². The van der Waals surface area contributed by atoms with E-state index < -0.39 is 11.4 Å². The quantitative estimate of drug-likeness (QED) is 0.759. The Morgan fingerprint density at radius 1 is 1.36 bits per heavy atom. The lowest BCUT2D eigenvalue weighted by atomic mass is 10.0. The van der Waals surface area contributed by atoms with Gasteiger partial charge in [-0.15, -0.1) is 4.72 Å². The van der Waals surface area contributed by atoms with Gasteiger partial charge in [0, 0.05) is 11.4 Å². The molecule has 1 rings (SSSR count). The molecule has 1 unspecified atom stereocenters. The summed E-state index contributed by atoms with van der Waals surface area (Å²) in [6.07, 6.45) is 3.78. The predicted octanol–water partition coefficient (Wildman–Crippen LogP) is 2.41. The summed E-state index contributed by atoms with van der Waals surface area (Å²) < 4.78 is 14.2. The molecule has 0 fully saturated rings. The van der Waals surface area contributed by atoms with Crippen LogP contribution < -0.4 is 4.72 Å². The van der Waals surface area contributed by atoms with Crippen LogP contribution in [0.3, 0.4) is 0 Å². The minimum absolute atomic E-state index is 0.215. The molecule has 3 heteroatoms. The van der Waals surface area contributed by atoms with Crippen molar-refractivity contribution in [3.05, 3.63) is 35.9 Å². The molecule has 0 saturated heterocycles. The molecular weight excluding hydrogens is 194 g/mol. The van der Waals surface area contributed by atoms with Gasteiger partial charge < -0.3 is 4.55 Å². The summed E-state index contributed by atoms with van der Waals surface area (Å²) in [7, 11) is 0. The molecule has 78 valence electrons. The van der Waals surface area contributed by atoms with Crippen LogP contribution in [-0.2, 0) is 11.4 Å². The van der Waals surface area contributed by atoms with E-state index in [4.69, 9.17) is 0 Å². The van der Waals surface area contributed by atoms with Crippen LogP contribution >= 0.6 is 0 Å². The summed E-state index contributed by atoms with van der Waals surface area (Å²) >= 11 is -0.948. The predicted molar refractivity (Wildman–Crippen MR) is 61.3 cm³/mol. The maximum Gasteiger partial charge on any atom is 0.115 e. The highest BCUT2D eigenvalue weighted by Gasteiger charge is 2.13. The van der Waals surface area contributed by atoms with Crippen LogP contribution in [0.5, 0.6) is 0 Å². The number of benzene rings is 1. The van der Waals surface area contributed by atoms with Gasteiger partial charge >= 0.3 is 0 Å². The molecule has 14 heavy (non-hydrogen) atoms. The second kappa shape index (κ2) is 6.06. The smallest absolute Gasteiger partial charge is 0.115 e. The molecule has 0 spiro atoms. The lowest BCUT2D eigenvalue weighted by Gasteiger charge is -2.17. The Labute approximate surface area is 89.0 Å². The van der Waals surface area contributed by atoms with E-state index in [9.17, 15) is 4.55 Å². The Bertz CT molecular complexity index is 251. The maximum atomic E-state index is 11.1. The topological polar surface area (TPSA) is 35.1 Å². The fourth-order valence-corrected chi connectivity index (χ4v) is 2.12. The minimum Gasteiger partial charge on any atom is -0.598 e. The molecule has 0 aliphatic heterocycles. The largest absolute Gasteiger partial charge is 0.598 e. The van der Waals surface area contributed by atoms with Crippen LogP contribution in [0, 0.1) is 0 Å². The molecule has 0 saturated carbocycles. The maximum absolute atomic E-state index is 11.1. The van der Waals surface area contributed by atoms with Gasteiger partial charge in [-0.25, -0.2) is 0 Å². The Morgan fingerprint density at radius 3 is 2.50 bits per heavy atom. The highest BCUT2D eigenvalue weighted by Crippen LogP contribution is 2.18. The molecule has 0 amide bonds. The van der Waals surface area contributed by atoms with E-state index in [2.05, 4.69) is 23.8 Å². The first kappa shape index (κ1) is 11.6. The zero-order chi connectivity index (χ0) is 10.4. The molecular formula is C11H17NOS. The lowest BCUT2D eigenvalue weighted by Crippen LogP contribution is -2.27. The van der Waals surface area contributed by atoms with Crippen LogP contribution in [-0.4, -0.2) is 10.8 Å². The molecule has 0 aliphatic rings. The van der Waals surface area contributed by atoms with E-state index in [1.807, 2.05) is 18.2 Å². The third-order valence-corrected chi connectivity index (χ3v) is 2.70. The SMILES string of the molecule is CCC[C@@H](N[S+](C)[O-])c1ccccc1. The van der Waals surface area contributed by atoms with Crippen molar-refractivity contribution in [1.29, 1.82) is 0 Å². The Kier molecular flexibility index (Phi) is 5.01. The van der Waals surface area contributed by atoms with Crippen LogP contribution in [0.25, 0.3) is 0 Å². The summed E-state index contributed by atoms with van der Waals surface area (Å²) in [5.41, 5.74) is 1.21. The third-order valence-electron chi connectivity index (χ3n) is 2.09. The van der Waals surface area contributed by atoms with Crippen LogP contribution in [0.1, 0.15) is 31.4 Å². The third kappa shape index (κ3) is 3.70. The van der Waals surface area contributed by atoms with Crippen molar-refractivity contribution in [2.24, 2.45) is 0 Å². The summed E-state index contributed by atoms with van der Waals surface area (Å²) in [5, 5.41) is 0. The molecule has 0 aromatic heterocycles. The van der Waals surface area contributed by atoms with Gasteiger partial charge in [0.15, 0.2) is 0 Å². The first-order valence-electron chi connectivity index (χ1n) is 4.88. The van der Waals surface area contributed by atoms with Crippen molar-refractivity contribution >= 4 is 11.4 Å². The van der Waals surface area contributed by atoms with Crippen LogP contribution in [0.15, 0.2) is 30.3 Å². The first-order chi connectivity index (χ1) is 6.74. The zero-order valence-corrected chi connectivity index (χ0v) is 9.51. The fourth-order valence-electron chi connectivity index (χ4n) is 1.47. The van der Waals surface area contributed by atoms with Crippen LogP contribution in [0.2, 0.25) is 0 Å². The van der Waals surface area contributed by atoms with E-state index in [1.54, 1.807) is 6.26 Å². The molecule has 1 N–H and O–H groups in total. The van der Waals surface area contributed by atoms with E-state index in [-0.39, 0.29) is 6.04 Å². The average molecular weight is 211 g/mol. The highest BCUT2D eigenvalue weighted by atomic mass is 32.2. The van der Waals surface area contributed by atoms with Gasteiger partial charge in [0.1, 0.15) is 6.26 Å². The molecule has 2 nitrogen and oxygen atoms in total. The Hall–Kier alpha value is -0.510. The second-order valence-electron chi connectivity index (χ2n) is 3.32. The van der Waals surface area contributed by atoms with Gasteiger partial charge in [0.05, 0.1) is 6.04 Å². The molecule has 0 bridgehead atoms. The van der Waals surface area contributed by atoms with E-state index in [0.717, 1.165) is 12.8 Å². The van der Waals surface area contributed by atoms with Gasteiger partial charge in [-0.2, -0.15) is 0 Å². The van der Waals surface area contributed by atoms with Crippen molar-refractivity contribution in [3.8, 4) is 0 Å². The van der Waals surface area contributed by atoms with Gasteiger partial charge in [0.25, 0.3) is 0 Å². The summed E-state index contributed by atoms with van der Waals surface area (Å²) in [6, 6.07) is 10.4. The van der Waals surface area contributed by atoms with Gasteiger partial charge in [-0.1, -0.05) is 43.7 Å².